The van der Waals surface area contributed by atoms with E-state index in [4.69, 9.17) is 4.84 Å². The number of hydrogen-bond acceptors (Lipinski definition) is 6. The number of halogens is 2. The fourth-order valence-corrected chi connectivity index (χ4v) is 5.00. The van der Waals surface area contributed by atoms with Crippen molar-refractivity contribution >= 4 is 35.8 Å². The number of amides is 1. The summed E-state index contributed by atoms with van der Waals surface area (Å²) in [5, 5.41) is 6.71. The summed E-state index contributed by atoms with van der Waals surface area (Å²) in [6, 6.07) is 15.9. The van der Waals surface area contributed by atoms with Crippen molar-refractivity contribution < 1.29 is 18.8 Å². The average molecular weight is 518 g/mol. The van der Waals surface area contributed by atoms with Crippen LogP contribution in [-0.4, -0.2) is 73.4 Å². The Balaban J connectivity index is 0.00000361. The molecule has 36 heavy (non-hydrogen) atoms. The van der Waals surface area contributed by atoms with Gasteiger partial charge in [0.15, 0.2) is 11.6 Å². The van der Waals surface area contributed by atoms with Gasteiger partial charge in [0.05, 0.1) is 6.67 Å². The molecule has 2 aliphatic rings. The Morgan fingerprint density at radius 2 is 1.75 bits per heavy atom. The first-order chi connectivity index (χ1) is 16.9. The highest BCUT2D eigenvalue weighted by Gasteiger charge is 2.51. The van der Waals surface area contributed by atoms with Crippen LogP contribution in [0.3, 0.4) is 0 Å². The van der Waals surface area contributed by atoms with Gasteiger partial charge in [0.1, 0.15) is 11.4 Å². The molecule has 2 saturated heterocycles. The van der Waals surface area contributed by atoms with E-state index in [1.165, 1.54) is 19.2 Å². The van der Waals surface area contributed by atoms with Crippen molar-refractivity contribution in [2.75, 3.05) is 45.3 Å². The lowest BCUT2D eigenvalue weighted by molar-refractivity contribution is 0.0970. The summed E-state index contributed by atoms with van der Waals surface area (Å²) < 4.78 is 13.1. The highest BCUT2D eigenvalue weighted by atomic mass is 35.5. The number of hydrogen-bond donors (Lipinski definition) is 1. The van der Waals surface area contributed by atoms with Crippen molar-refractivity contribution in [2.45, 2.75) is 31.2 Å². The molecule has 0 aromatic heterocycles. The first-order valence-corrected chi connectivity index (χ1v) is 11.9. The zero-order valence-corrected chi connectivity index (χ0v) is 21.5. The summed E-state index contributed by atoms with van der Waals surface area (Å²) in [5.74, 6) is 0.442. The van der Waals surface area contributed by atoms with Crippen LogP contribution in [0.25, 0.3) is 0 Å². The summed E-state index contributed by atoms with van der Waals surface area (Å²) >= 11 is 0. The quantitative estimate of drug-likeness (QED) is 0.338. The van der Waals surface area contributed by atoms with Crippen molar-refractivity contribution in [3.8, 4) is 0 Å². The van der Waals surface area contributed by atoms with E-state index in [9.17, 15) is 14.0 Å². The fourth-order valence-electron chi connectivity index (χ4n) is 5.00. The van der Waals surface area contributed by atoms with Crippen LogP contribution in [0.2, 0.25) is 0 Å². The molecule has 1 amide bonds. The lowest BCUT2D eigenvalue weighted by Gasteiger charge is -2.44. The number of piperidine rings is 1. The minimum Gasteiger partial charge on any atom is -0.341 e. The van der Waals surface area contributed by atoms with E-state index in [1.54, 1.807) is 12.1 Å². The van der Waals surface area contributed by atoms with Gasteiger partial charge in [0.25, 0.3) is 0 Å². The summed E-state index contributed by atoms with van der Waals surface area (Å²) in [5.41, 5.74) is 1.26. The number of benzene rings is 2. The molecule has 1 N–H and O–H groups in total. The number of para-hydroxylation sites is 1. The summed E-state index contributed by atoms with van der Waals surface area (Å²) in [6.07, 6.45) is 2.20. The third-order valence-electron chi connectivity index (χ3n) is 6.86. The van der Waals surface area contributed by atoms with E-state index >= 15 is 0 Å². The Labute approximate surface area is 217 Å². The zero-order chi connectivity index (χ0) is 24.8. The van der Waals surface area contributed by atoms with E-state index in [0.717, 1.165) is 50.4 Å². The molecule has 2 aromatic carbocycles. The van der Waals surface area contributed by atoms with Crippen LogP contribution in [0.5, 0.6) is 0 Å². The lowest BCUT2D eigenvalue weighted by atomic mass is 9.85. The summed E-state index contributed by atoms with van der Waals surface area (Å²) in [6.45, 7) is 3.12. The van der Waals surface area contributed by atoms with Crippen LogP contribution in [0, 0.1) is 5.82 Å². The van der Waals surface area contributed by atoms with Crippen LogP contribution in [-0.2, 0) is 4.84 Å². The van der Waals surface area contributed by atoms with E-state index in [2.05, 4.69) is 32.4 Å². The van der Waals surface area contributed by atoms with E-state index in [0.29, 0.717) is 18.7 Å². The number of ketones is 1. The van der Waals surface area contributed by atoms with Gasteiger partial charge in [-0.05, 0) is 62.2 Å². The van der Waals surface area contributed by atoms with Gasteiger partial charge in [0.2, 0.25) is 0 Å². The molecule has 0 unspecified atom stereocenters. The Bertz CT molecular complexity index is 1060. The molecule has 0 radical (unpaired) electrons. The molecule has 1 spiro atoms. The van der Waals surface area contributed by atoms with Crippen LogP contribution >= 0.6 is 12.4 Å². The van der Waals surface area contributed by atoms with Crippen molar-refractivity contribution in [1.82, 2.24) is 15.1 Å². The predicted molar refractivity (Wildman–Crippen MR) is 140 cm³/mol. The largest absolute Gasteiger partial charge is 0.433 e. The maximum Gasteiger partial charge on any atom is 0.433 e. The molecular weight excluding hydrogens is 485 g/mol. The van der Waals surface area contributed by atoms with Gasteiger partial charge in [-0.25, -0.2) is 9.18 Å². The number of anilines is 1. The van der Waals surface area contributed by atoms with Crippen LogP contribution in [0.4, 0.5) is 14.9 Å². The Hall–Kier alpha value is -3.17. The minimum absolute atomic E-state index is 0. The molecule has 0 bridgehead atoms. The van der Waals surface area contributed by atoms with Crippen LogP contribution in [0.15, 0.2) is 59.8 Å². The van der Waals surface area contributed by atoms with Crippen LogP contribution < -0.4 is 10.2 Å². The number of likely N-dealkylation sites (tertiary alicyclic amines) is 1. The number of rotatable bonds is 7. The van der Waals surface area contributed by atoms with Gasteiger partial charge in [-0.2, -0.15) is 0 Å². The molecule has 194 valence electrons. The average Bonchev–Trinajstić information content (AvgIpc) is 3.15. The predicted octanol–water partition coefficient (Wildman–Crippen LogP) is 4.12. The molecule has 2 aromatic rings. The number of likely N-dealkylation sites (N-methyl/N-ethyl adjacent to an activating group) is 1. The third-order valence-corrected chi connectivity index (χ3v) is 6.86. The van der Waals surface area contributed by atoms with Gasteiger partial charge in [0, 0.05) is 44.9 Å². The SMILES string of the molecule is CNC(=O)O/N=C1/N(C)CN(c2ccccc2)C12CCN(CCCC(=O)c1ccc(F)cc1)CC2.Cl. The van der Waals surface area contributed by atoms with Gasteiger partial charge < -0.3 is 20.0 Å². The van der Waals surface area contributed by atoms with Crippen molar-refractivity contribution in [3.05, 3.63) is 66.0 Å². The van der Waals surface area contributed by atoms with Crippen molar-refractivity contribution in [3.63, 3.8) is 0 Å². The normalized spacial score (nSPS) is 18.2. The summed E-state index contributed by atoms with van der Waals surface area (Å²) in [7, 11) is 3.47. The van der Waals surface area contributed by atoms with Crippen LogP contribution in [0.1, 0.15) is 36.0 Å². The van der Waals surface area contributed by atoms with Gasteiger partial charge in [-0.1, -0.05) is 23.4 Å². The highest BCUT2D eigenvalue weighted by molar-refractivity contribution is 5.98. The number of carbonyl (C=O) groups excluding carboxylic acids is 2. The summed E-state index contributed by atoms with van der Waals surface area (Å²) in [4.78, 5) is 36.0. The molecule has 2 heterocycles. The maximum atomic E-state index is 13.1. The molecule has 10 heteroatoms. The number of Topliss-reactive ketones (excluding diaryl/α,β-unsaturated/α-hetero) is 1. The number of nitrogens with zero attached hydrogens (tertiary/aromatic N) is 4. The standard InChI is InChI=1S/C26H32FN5O3.ClH/c1-28-25(34)35-29-24-26(32(19-30(24)2)22-7-4-3-5-8-22)14-17-31(18-15-26)16-6-9-23(33)20-10-12-21(27)13-11-20;/h3-5,7-8,10-13H,6,9,14-19H2,1-2H3,(H,28,34);1H/b29-24+;. The van der Waals surface area contributed by atoms with Gasteiger partial charge >= 0.3 is 6.09 Å². The molecule has 0 atom stereocenters. The first kappa shape index (κ1) is 27.4. The van der Waals surface area contributed by atoms with Gasteiger partial charge in [-0.3, -0.25) is 9.63 Å². The Kier molecular flexibility index (Phi) is 9.28. The zero-order valence-electron chi connectivity index (χ0n) is 20.7. The first-order valence-electron chi connectivity index (χ1n) is 11.9. The molecular formula is C26H33ClFN5O3. The number of nitrogens with one attached hydrogen (secondary N) is 1. The van der Waals surface area contributed by atoms with E-state index < -0.39 is 6.09 Å². The molecule has 8 nitrogen and oxygen atoms in total. The van der Waals surface area contributed by atoms with Crippen molar-refractivity contribution in [2.24, 2.45) is 5.16 Å². The fraction of sp³-hybridized carbons (Fsp3) is 0.423. The molecule has 2 aliphatic heterocycles. The van der Waals surface area contributed by atoms with E-state index in [-0.39, 0.29) is 29.5 Å². The minimum atomic E-state index is -0.595. The van der Waals surface area contributed by atoms with Gasteiger partial charge in [-0.15, -0.1) is 12.4 Å². The number of amidine groups is 1. The molecule has 0 aliphatic carbocycles. The molecule has 2 fully saturated rings. The van der Waals surface area contributed by atoms with E-state index in [1.807, 2.05) is 30.1 Å². The second kappa shape index (κ2) is 12.2. The molecule has 0 saturated carbocycles. The second-order valence-electron chi connectivity index (χ2n) is 9.05. The van der Waals surface area contributed by atoms with Crippen molar-refractivity contribution in [1.29, 1.82) is 0 Å². The monoisotopic (exact) mass is 517 g/mol. The number of oxime groups is 1. The molecule has 4 rings (SSSR count). The third kappa shape index (κ3) is 5.96. The maximum absolute atomic E-state index is 13.1. The second-order valence-corrected chi connectivity index (χ2v) is 9.05. The Morgan fingerprint density at radius 1 is 1.08 bits per heavy atom. The lowest BCUT2D eigenvalue weighted by Crippen LogP contribution is -2.56. The number of carbonyl (C=O) groups is 2. The Morgan fingerprint density at radius 3 is 2.39 bits per heavy atom. The highest BCUT2D eigenvalue weighted by Crippen LogP contribution is 2.39. The smallest absolute Gasteiger partial charge is 0.341 e. The topological polar surface area (TPSA) is 77.5 Å².